The number of carbonyl (C=O) groups excluding carboxylic acids is 2. The van der Waals surface area contributed by atoms with E-state index in [1.54, 1.807) is 0 Å². The number of carboxylic acid groups (broad SMARTS) is 1. The third kappa shape index (κ3) is 70.3. The quantitative estimate of drug-likeness (QED) is 0.0211. The van der Waals surface area contributed by atoms with Crippen LogP contribution in [0.1, 0.15) is 361 Å². The Bertz CT molecular complexity index is 1610. The molecule has 508 valence electrons. The molecule has 0 saturated heterocycles. The van der Waals surface area contributed by atoms with E-state index in [0.29, 0.717) is 17.4 Å². The summed E-state index contributed by atoms with van der Waals surface area (Å²) in [6, 6.07) is 0. The number of ether oxygens (including phenoxy) is 4. The Kier molecular flexibility index (Phi) is 66.5. The van der Waals surface area contributed by atoms with Crippen LogP contribution in [0.15, 0.2) is 60.8 Å². The van der Waals surface area contributed by atoms with Gasteiger partial charge in [-0.2, -0.15) is 0 Å². The maximum absolute atomic E-state index is 13.0. The highest BCUT2D eigenvalue weighted by atomic mass is 16.7. The molecule has 9 heteroatoms. The zero-order chi connectivity index (χ0) is 63.3. The van der Waals surface area contributed by atoms with E-state index >= 15 is 0 Å². The Morgan fingerprint density at radius 3 is 0.920 bits per heavy atom. The Balaban J connectivity index is 4.05. The first kappa shape index (κ1) is 84.0. The number of nitrogens with zero attached hydrogens (tertiary/aromatic N) is 1. The highest BCUT2D eigenvalue weighted by molar-refractivity contribution is 5.71. The fraction of sp³-hybridized carbons (Fsp3) is 0.833. The number of rotatable bonds is 70. The minimum absolute atomic E-state index is 0.179. The van der Waals surface area contributed by atoms with Crippen molar-refractivity contribution < 1.29 is 42.9 Å². The van der Waals surface area contributed by atoms with Gasteiger partial charge in [0.05, 0.1) is 34.4 Å². The standard InChI is InChI=1S/C78H143NO8/c1-6-8-10-12-14-16-18-20-22-24-26-28-30-32-34-36-38-40-42-44-46-48-50-52-54-56-58-60-62-64-66-68-75(80)85-72-74(73-86-78(77(82)83)84-71-70-79(3,4)5)87-76(81)69-67-65-63-61-59-57-55-53-51-49-47-45-43-41-39-37-35-33-31-29-27-25-23-21-19-17-15-13-11-9-7-2/h18-21,24-27,31,33,74,78H,6-17,22-23,28-30,32,34-73H2,1-5H3/p+1/b20-18-,21-19-,26-24-,27-25-,33-31-. The SMILES string of the molecule is CCCCCCC/C=C\C/C=C\C/C=C\CCCCCCCCCCCCCCCCCCC(=O)OC(COC(=O)CCCCCCCCCCCCCCCCCCCCC/C=C\C/C=C\CCCCCCC)COC(OCC[N+](C)(C)C)C(=O)O. The molecule has 1 N–H and O–H groups in total. The van der Waals surface area contributed by atoms with Gasteiger partial charge in [0, 0.05) is 12.8 Å². The van der Waals surface area contributed by atoms with Gasteiger partial charge in [0.15, 0.2) is 6.10 Å². The van der Waals surface area contributed by atoms with Crippen molar-refractivity contribution >= 4 is 17.9 Å². The molecule has 87 heavy (non-hydrogen) atoms. The van der Waals surface area contributed by atoms with Crippen molar-refractivity contribution in [1.29, 1.82) is 0 Å². The van der Waals surface area contributed by atoms with Gasteiger partial charge < -0.3 is 28.5 Å². The molecule has 0 aliphatic heterocycles. The summed E-state index contributed by atoms with van der Waals surface area (Å²) in [4.78, 5) is 37.7. The van der Waals surface area contributed by atoms with Crippen molar-refractivity contribution in [2.45, 2.75) is 373 Å². The summed E-state index contributed by atoms with van der Waals surface area (Å²) in [6.07, 6.45) is 87.8. The Hall–Kier alpha value is -3.01. The van der Waals surface area contributed by atoms with Crippen LogP contribution in [0.5, 0.6) is 0 Å². The molecule has 2 atom stereocenters. The normalized spacial score (nSPS) is 13.0. The van der Waals surface area contributed by atoms with Crippen LogP contribution in [0.25, 0.3) is 0 Å². The van der Waals surface area contributed by atoms with Gasteiger partial charge in [0.2, 0.25) is 0 Å². The fourth-order valence-electron chi connectivity index (χ4n) is 11.0. The van der Waals surface area contributed by atoms with Crippen LogP contribution in [-0.4, -0.2) is 87.4 Å². The first-order chi connectivity index (χ1) is 42.6. The van der Waals surface area contributed by atoms with Crippen LogP contribution in [0, 0.1) is 0 Å². The molecule has 0 aromatic rings. The molecule has 0 rings (SSSR count). The molecule has 0 spiro atoms. The van der Waals surface area contributed by atoms with Crippen LogP contribution in [-0.2, 0) is 33.3 Å². The summed E-state index contributed by atoms with van der Waals surface area (Å²) in [7, 11) is 5.99. The number of quaternary nitrogens is 1. The van der Waals surface area contributed by atoms with Crippen LogP contribution < -0.4 is 0 Å². The lowest BCUT2D eigenvalue weighted by atomic mass is 10.0. The van der Waals surface area contributed by atoms with Gasteiger partial charge in [0.1, 0.15) is 13.2 Å². The lowest BCUT2D eigenvalue weighted by Gasteiger charge is -2.25. The van der Waals surface area contributed by atoms with Crippen molar-refractivity contribution in [3.63, 3.8) is 0 Å². The maximum atomic E-state index is 13.0. The molecular formula is C78H144NO8+. The first-order valence-electron chi connectivity index (χ1n) is 37.5. The third-order valence-electron chi connectivity index (χ3n) is 16.7. The van der Waals surface area contributed by atoms with Crippen molar-refractivity contribution in [1.82, 2.24) is 0 Å². The van der Waals surface area contributed by atoms with Gasteiger partial charge in [-0.15, -0.1) is 0 Å². The average Bonchev–Trinajstić information content (AvgIpc) is 3.56. The van der Waals surface area contributed by atoms with E-state index in [4.69, 9.17) is 18.9 Å². The second kappa shape index (κ2) is 68.9. The number of carbonyl (C=O) groups is 3. The number of hydrogen-bond acceptors (Lipinski definition) is 7. The number of carboxylic acids is 1. The molecule has 0 bridgehead atoms. The first-order valence-corrected chi connectivity index (χ1v) is 37.5. The summed E-state index contributed by atoms with van der Waals surface area (Å²) in [5, 5.41) is 9.76. The number of likely N-dealkylation sites (N-methyl/N-ethyl adjacent to an activating group) is 1. The number of aliphatic carboxylic acids is 1. The van der Waals surface area contributed by atoms with Crippen molar-refractivity contribution in [2.24, 2.45) is 0 Å². The number of allylic oxidation sites excluding steroid dienone is 10. The Morgan fingerprint density at radius 2 is 0.621 bits per heavy atom. The van der Waals surface area contributed by atoms with E-state index in [-0.39, 0.29) is 38.2 Å². The van der Waals surface area contributed by atoms with Gasteiger partial charge in [-0.25, -0.2) is 4.79 Å². The average molecular weight is 1220 g/mol. The lowest BCUT2D eigenvalue weighted by Crippen LogP contribution is -2.40. The molecule has 9 nitrogen and oxygen atoms in total. The van der Waals surface area contributed by atoms with E-state index < -0.39 is 18.4 Å². The second-order valence-corrected chi connectivity index (χ2v) is 26.6. The van der Waals surface area contributed by atoms with Crippen molar-refractivity contribution in [3.05, 3.63) is 60.8 Å². The van der Waals surface area contributed by atoms with Crippen molar-refractivity contribution in [2.75, 3.05) is 47.5 Å². The van der Waals surface area contributed by atoms with Crippen molar-refractivity contribution in [3.8, 4) is 0 Å². The molecule has 0 saturated carbocycles. The summed E-state index contributed by atoms with van der Waals surface area (Å²) < 4.78 is 23.0. The van der Waals surface area contributed by atoms with E-state index in [2.05, 4.69) is 74.6 Å². The monoisotopic (exact) mass is 1220 g/mol. The molecule has 0 aromatic heterocycles. The zero-order valence-corrected chi connectivity index (χ0v) is 58.2. The minimum Gasteiger partial charge on any atom is -0.477 e. The van der Waals surface area contributed by atoms with Crippen LogP contribution in [0.3, 0.4) is 0 Å². The summed E-state index contributed by atoms with van der Waals surface area (Å²) in [5.74, 6) is -1.98. The van der Waals surface area contributed by atoms with E-state index in [1.165, 1.54) is 276 Å². The van der Waals surface area contributed by atoms with Crippen LogP contribution >= 0.6 is 0 Å². The molecule has 0 aromatic carbocycles. The maximum Gasteiger partial charge on any atom is 0.361 e. The van der Waals surface area contributed by atoms with E-state index in [0.717, 1.165) is 57.8 Å². The second-order valence-electron chi connectivity index (χ2n) is 26.6. The van der Waals surface area contributed by atoms with Gasteiger partial charge in [-0.05, 0) is 83.5 Å². The van der Waals surface area contributed by atoms with Gasteiger partial charge >= 0.3 is 17.9 Å². The van der Waals surface area contributed by atoms with Crippen LogP contribution in [0.2, 0.25) is 0 Å². The number of hydrogen-bond donors (Lipinski definition) is 1. The number of esters is 2. The van der Waals surface area contributed by atoms with E-state index in [9.17, 15) is 19.5 Å². The number of unbranched alkanes of at least 4 members (excludes halogenated alkanes) is 45. The van der Waals surface area contributed by atoms with Gasteiger partial charge in [0.25, 0.3) is 6.29 Å². The fourth-order valence-corrected chi connectivity index (χ4v) is 11.0. The largest absolute Gasteiger partial charge is 0.477 e. The molecular weight excluding hydrogens is 1080 g/mol. The topological polar surface area (TPSA) is 108 Å². The van der Waals surface area contributed by atoms with Crippen LogP contribution in [0.4, 0.5) is 0 Å². The molecule has 0 amide bonds. The summed E-state index contributed by atoms with van der Waals surface area (Å²) >= 11 is 0. The third-order valence-corrected chi connectivity index (χ3v) is 16.7. The Labute approximate surface area is 539 Å². The summed E-state index contributed by atoms with van der Waals surface area (Å²) in [5.41, 5.74) is 0. The molecule has 0 aliphatic rings. The summed E-state index contributed by atoms with van der Waals surface area (Å²) in [6.45, 7) is 4.91. The highest BCUT2D eigenvalue weighted by Crippen LogP contribution is 2.19. The lowest BCUT2D eigenvalue weighted by molar-refractivity contribution is -0.870. The molecule has 0 radical (unpaired) electrons. The smallest absolute Gasteiger partial charge is 0.361 e. The minimum atomic E-state index is -1.51. The van der Waals surface area contributed by atoms with Gasteiger partial charge in [-0.3, -0.25) is 9.59 Å². The van der Waals surface area contributed by atoms with Gasteiger partial charge in [-0.1, -0.05) is 325 Å². The molecule has 0 aliphatic carbocycles. The predicted molar refractivity (Wildman–Crippen MR) is 373 cm³/mol. The van der Waals surface area contributed by atoms with E-state index in [1.807, 2.05) is 21.1 Å². The predicted octanol–water partition coefficient (Wildman–Crippen LogP) is 23.5. The molecule has 0 fully saturated rings. The molecule has 0 heterocycles. The highest BCUT2D eigenvalue weighted by Gasteiger charge is 2.25. The zero-order valence-electron chi connectivity index (χ0n) is 58.2. The Morgan fingerprint density at radius 1 is 0.345 bits per heavy atom. The molecule has 2 unspecified atom stereocenters.